The van der Waals surface area contributed by atoms with Gasteiger partial charge < -0.3 is 19.8 Å². The molecule has 30 heavy (non-hydrogen) atoms. The second-order valence-electron chi connectivity index (χ2n) is 7.58. The predicted octanol–water partition coefficient (Wildman–Crippen LogP) is 2.83. The van der Waals surface area contributed by atoms with Crippen LogP contribution in [0, 0.1) is 25.2 Å². The second-order valence-corrected chi connectivity index (χ2v) is 7.58. The van der Waals surface area contributed by atoms with Gasteiger partial charge in [-0.05, 0) is 57.4 Å². The molecule has 2 aromatic rings. The molecule has 7 nitrogen and oxygen atoms in total. The number of nitrogens with one attached hydrogen (secondary N) is 2. The van der Waals surface area contributed by atoms with Crippen LogP contribution in [-0.2, 0) is 24.2 Å². The van der Waals surface area contributed by atoms with Crippen molar-refractivity contribution in [2.75, 3.05) is 6.61 Å². The molecular weight excluding hydrogens is 382 g/mol. The number of carbonyl (C=O) groups excluding carboxylic acids is 1. The first-order valence-corrected chi connectivity index (χ1v) is 10.2. The van der Waals surface area contributed by atoms with Crippen LogP contribution in [0.2, 0.25) is 0 Å². The second kappa shape index (κ2) is 9.04. The van der Waals surface area contributed by atoms with E-state index in [-0.39, 0.29) is 24.0 Å². The fraction of sp³-hybridized carbons (Fsp3) is 0.435. The van der Waals surface area contributed by atoms with Crippen LogP contribution in [0.4, 0.5) is 0 Å². The zero-order valence-electron chi connectivity index (χ0n) is 17.8. The highest BCUT2D eigenvalue weighted by Gasteiger charge is 2.22. The zero-order valence-corrected chi connectivity index (χ0v) is 17.8. The van der Waals surface area contributed by atoms with Gasteiger partial charge >= 0.3 is 0 Å². The zero-order chi connectivity index (χ0) is 21.8. The Hall–Kier alpha value is -3.27. The molecule has 0 radical (unpaired) electrons. The average Bonchev–Trinajstić information content (AvgIpc) is 3.05. The molecule has 0 saturated heterocycles. The standard InChI is InChI=1S/C23H27N3O4/c1-5-29-20-9-16-8-13(2)30-21(16)10-17(20)12-25-22(27)7-6-18-14(3)19(11-24)23(28)26-15(18)4/h9-10,13H,5-8,12H2,1-4H3,(H,25,27)(H,26,28). The number of fused-ring (bicyclic) bond motifs is 1. The summed E-state index contributed by atoms with van der Waals surface area (Å²) >= 11 is 0. The fourth-order valence-electron chi connectivity index (χ4n) is 3.85. The number of aryl methyl sites for hydroxylation is 1. The minimum absolute atomic E-state index is 0.102. The summed E-state index contributed by atoms with van der Waals surface area (Å²) in [6.45, 7) is 8.37. The molecule has 1 amide bonds. The monoisotopic (exact) mass is 409 g/mol. The predicted molar refractivity (Wildman–Crippen MR) is 113 cm³/mol. The summed E-state index contributed by atoms with van der Waals surface area (Å²) in [7, 11) is 0. The highest BCUT2D eigenvalue weighted by atomic mass is 16.5. The smallest absolute Gasteiger partial charge is 0.266 e. The Bertz CT molecular complexity index is 1070. The molecule has 1 aromatic carbocycles. The van der Waals surface area contributed by atoms with Gasteiger partial charge in [-0.3, -0.25) is 9.59 Å². The van der Waals surface area contributed by atoms with Gasteiger partial charge in [0.05, 0.1) is 6.61 Å². The number of aromatic nitrogens is 1. The van der Waals surface area contributed by atoms with Crippen LogP contribution >= 0.6 is 0 Å². The van der Waals surface area contributed by atoms with Gasteiger partial charge in [0, 0.05) is 36.2 Å². The molecule has 2 N–H and O–H groups in total. The van der Waals surface area contributed by atoms with Crippen LogP contribution in [-0.4, -0.2) is 23.6 Å². The number of amides is 1. The number of nitriles is 1. The molecular formula is C23H27N3O4. The third-order valence-corrected chi connectivity index (χ3v) is 5.38. The highest BCUT2D eigenvalue weighted by Crippen LogP contribution is 2.35. The number of rotatable bonds is 7. The molecule has 2 heterocycles. The number of hydrogen-bond donors (Lipinski definition) is 2. The first kappa shape index (κ1) is 21.4. The molecule has 7 heteroatoms. The van der Waals surface area contributed by atoms with E-state index in [1.54, 1.807) is 13.8 Å². The van der Waals surface area contributed by atoms with Crippen LogP contribution in [0.3, 0.4) is 0 Å². The van der Waals surface area contributed by atoms with Crippen molar-refractivity contribution in [2.45, 2.75) is 59.6 Å². The molecule has 1 atom stereocenters. The third kappa shape index (κ3) is 4.48. The van der Waals surface area contributed by atoms with Crippen LogP contribution in [0.25, 0.3) is 0 Å². The summed E-state index contributed by atoms with van der Waals surface area (Å²) in [5.41, 5.74) is 3.86. The first-order chi connectivity index (χ1) is 14.3. The molecule has 0 fully saturated rings. The average molecular weight is 409 g/mol. The summed E-state index contributed by atoms with van der Waals surface area (Å²) in [5.74, 6) is 1.50. The summed E-state index contributed by atoms with van der Waals surface area (Å²) < 4.78 is 11.6. The molecule has 1 aliphatic heterocycles. The van der Waals surface area contributed by atoms with Gasteiger partial charge in [0.2, 0.25) is 5.91 Å². The molecule has 1 aliphatic rings. The van der Waals surface area contributed by atoms with Crippen molar-refractivity contribution in [3.8, 4) is 17.6 Å². The van der Waals surface area contributed by atoms with E-state index in [2.05, 4.69) is 10.3 Å². The molecule has 158 valence electrons. The summed E-state index contributed by atoms with van der Waals surface area (Å²) in [6, 6.07) is 5.88. The van der Waals surface area contributed by atoms with Crippen molar-refractivity contribution in [2.24, 2.45) is 0 Å². The van der Waals surface area contributed by atoms with Crippen molar-refractivity contribution in [1.29, 1.82) is 5.26 Å². The van der Waals surface area contributed by atoms with Gasteiger partial charge in [-0.25, -0.2) is 0 Å². The third-order valence-electron chi connectivity index (χ3n) is 5.38. The van der Waals surface area contributed by atoms with E-state index >= 15 is 0 Å². The van der Waals surface area contributed by atoms with Crippen molar-refractivity contribution in [3.63, 3.8) is 0 Å². The lowest BCUT2D eigenvalue weighted by Crippen LogP contribution is -2.24. The molecule has 1 unspecified atom stereocenters. The van der Waals surface area contributed by atoms with Crippen molar-refractivity contribution in [1.82, 2.24) is 10.3 Å². The van der Waals surface area contributed by atoms with E-state index in [1.807, 2.05) is 32.0 Å². The fourth-order valence-corrected chi connectivity index (χ4v) is 3.85. The van der Waals surface area contributed by atoms with E-state index < -0.39 is 5.56 Å². The number of nitrogens with zero attached hydrogens (tertiary/aromatic N) is 1. The van der Waals surface area contributed by atoms with Crippen LogP contribution in [0.1, 0.15) is 53.8 Å². The van der Waals surface area contributed by atoms with E-state index in [1.165, 1.54) is 0 Å². The highest BCUT2D eigenvalue weighted by molar-refractivity contribution is 5.76. The number of pyridine rings is 1. The Morgan fingerprint density at radius 3 is 2.87 bits per heavy atom. The maximum Gasteiger partial charge on any atom is 0.266 e. The lowest BCUT2D eigenvalue weighted by molar-refractivity contribution is -0.121. The Kier molecular flexibility index (Phi) is 6.46. The van der Waals surface area contributed by atoms with Crippen molar-refractivity contribution in [3.05, 3.63) is 56.0 Å². The topological polar surface area (TPSA) is 104 Å². The SMILES string of the molecule is CCOc1cc2c(cc1CNC(=O)CCc1c(C)[nH]c(=O)c(C#N)c1C)OC(C)C2. The maximum atomic E-state index is 12.5. The molecule has 1 aromatic heterocycles. The Morgan fingerprint density at radius 1 is 1.40 bits per heavy atom. The molecule has 3 rings (SSSR count). The van der Waals surface area contributed by atoms with Crippen molar-refractivity contribution < 1.29 is 14.3 Å². The van der Waals surface area contributed by atoms with Crippen LogP contribution in [0.15, 0.2) is 16.9 Å². The maximum absolute atomic E-state index is 12.5. The number of carbonyl (C=O) groups is 1. The number of benzene rings is 1. The Morgan fingerprint density at radius 2 is 2.17 bits per heavy atom. The van der Waals surface area contributed by atoms with E-state index in [9.17, 15) is 14.9 Å². The number of ether oxygens (including phenoxy) is 2. The van der Waals surface area contributed by atoms with Gasteiger partial charge in [0.1, 0.15) is 29.2 Å². The van der Waals surface area contributed by atoms with Gasteiger partial charge in [0.25, 0.3) is 5.56 Å². The van der Waals surface area contributed by atoms with Crippen LogP contribution in [0.5, 0.6) is 11.5 Å². The summed E-state index contributed by atoms with van der Waals surface area (Å²) in [5, 5.41) is 12.1. The number of aromatic amines is 1. The molecule has 0 saturated carbocycles. The molecule has 0 spiro atoms. The van der Waals surface area contributed by atoms with E-state index in [0.29, 0.717) is 30.8 Å². The van der Waals surface area contributed by atoms with Gasteiger partial charge in [-0.15, -0.1) is 0 Å². The first-order valence-electron chi connectivity index (χ1n) is 10.2. The summed E-state index contributed by atoms with van der Waals surface area (Å²) in [4.78, 5) is 27.0. The summed E-state index contributed by atoms with van der Waals surface area (Å²) in [6.07, 6.45) is 1.69. The van der Waals surface area contributed by atoms with Gasteiger partial charge in [-0.1, -0.05) is 0 Å². The number of hydrogen-bond acceptors (Lipinski definition) is 5. The molecule has 0 aliphatic carbocycles. The minimum atomic E-state index is -0.391. The van der Waals surface area contributed by atoms with Crippen molar-refractivity contribution >= 4 is 5.91 Å². The minimum Gasteiger partial charge on any atom is -0.494 e. The van der Waals surface area contributed by atoms with Gasteiger partial charge in [0.15, 0.2) is 0 Å². The Balaban J connectivity index is 1.67. The largest absolute Gasteiger partial charge is 0.494 e. The van der Waals surface area contributed by atoms with E-state index in [0.717, 1.165) is 34.6 Å². The normalized spacial score (nSPS) is 14.6. The quantitative estimate of drug-likeness (QED) is 0.732. The van der Waals surface area contributed by atoms with E-state index in [4.69, 9.17) is 9.47 Å². The number of H-pyrrole nitrogens is 1. The Labute approximate surface area is 176 Å². The lowest BCUT2D eigenvalue weighted by atomic mass is 9.99. The van der Waals surface area contributed by atoms with Gasteiger partial charge in [-0.2, -0.15) is 5.26 Å². The molecule has 0 bridgehead atoms. The van der Waals surface area contributed by atoms with Crippen LogP contribution < -0.4 is 20.3 Å². The lowest BCUT2D eigenvalue weighted by Gasteiger charge is -2.14.